The third-order valence-corrected chi connectivity index (χ3v) is 7.67. The van der Waals surface area contributed by atoms with Crippen LogP contribution in [0, 0.1) is 12.3 Å². The van der Waals surface area contributed by atoms with E-state index in [0.29, 0.717) is 11.0 Å². The summed E-state index contributed by atoms with van der Waals surface area (Å²) in [5.74, 6) is -3.02. The predicted molar refractivity (Wildman–Crippen MR) is 123 cm³/mol. The van der Waals surface area contributed by atoms with Gasteiger partial charge in [-0.15, -0.1) is 0 Å². The van der Waals surface area contributed by atoms with E-state index in [9.17, 15) is 18.4 Å². The SMILES string of the molecule is Cc1ccc(C(=O)Nc2ccnn(C3CCC(F)(F)CC3)c2=O)c(N2CCC3(CC2)CC3)c1. The summed E-state index contributed by atoms with van der Waals surface area (Å²) in [5, 5.41) is 6.87. The molecular weight excluding hydrogens is 426 g/mol. The monoisotopic (exact) mass is 456 g/mol. The number of aryl methyl sites for hydroxylation is 1. The van der Waals surface area contributed by atoms with Crippen LogP contribution in [0.1, 0.15) is 73.3 Å². The first-order valence-electron chi connectivity index (χ1n) is 11.9. The Labute approximate surface area is 192 Å². The number of anilines is 2. The second-order valence-corrected chi connectivity index (χ2v) is 10.0. The maximum atomic E-state index is 13.5. The number of nitrogens with zero attached hydrogens (tertiary/aromatic N) is 3. The molecule has 1 aromatic heterocycles. The van der Waals surface area contributed by atoms with Crippen LogP contribution in [0.15, 0.2) is 35.3 Å². The summed E-state index contributed by atoms with van der Waals surface area (Å²) in [6, 6.07) is 6.83. The van der Waals surface area contributed by atoms with Crippen LogP contribution in [0.25, 0.3) is 0 Å². The zero-order chi connectivity index (χ0) is 23.2. The van der Waals surface area contributed by atoms with Crippen molar-refractivity contribution in [2.24, 2.45) is 5.41 Å². The number of rotatable bonds is 4. The summed E-state index contributed by atoms with van der Waals surface area (Å²) in [6.07, 6.45) is 6.24. The topological polar surface area (TPSA) is 67.2 Å². The Hall–Kier alpha value is -2.77. The number of benzene rings is 1. The van der Waals surface area contributed by atoms with Crippen molar-refractivity contribution < 1.29 is 13.6 Å². The van der Waals surface area contributed by atoms with Crippen molar-refractivity contribution in [3.05, 3.63) is 51.9 Å². The fraction of sp³-hybridized carbons (Fsp3) is 0.560. The molecule has 1 N–H and O–H groups in total. The third-order valence-electron chi connectivity index (χ3n) is 7.67. The van der Waals surface area contributed by atoms with Gasteiger partial charge in [-0.1, -0.05) is 6.07 Å². The van der Waals surface area contributed by atoms with E-state index in [1.165, 1.54) is 29.8 Å². The molecule has 0 bridgehead atoms. The molecule has 0 unspecified atom stereocenters. The van der Waals surface area contributed by atoms with Crippen LogP contribution in [0.5, 0.6) is 0 Å². The van der Waals surface area contributed by atoms with E-state index in [-0.39, 0.29) is 43.3 Å². The highest BCUT2D eigenvalue weighted by atomic mass is 19.3. The van der Waals surface area contributed by atoms with Gasteiger partial charge >= 0.3 is 0 Å². The average Bonchev–Trinajstić information content (AvgIpc) is 3.54. The highest BCUT2D eigenvalue weighted by Crippen LogP contribution is 2.54. The fourth-order valence-corrected chi connectivity index (χ4v) is 5.24. The highest BCUT2D eigenvalue weighted by molar-refractivity contribution is 6.08. The van der Waals surface area contributed by atoms with Gasteiger partial charge in [0.1, 0.15) is 5.69 Å². The van der Waals surface area contributed by atoms with Gasteiger partial charge in [-0.05, 0) is 74.6 Å². The predicted octanol–water partition coefficient (Wildman–Crippen LogP) is 4.93. The number of amides is 1. The van der Waals surface area contributed by atoms with Crippen LogP contribution in [-0.2, 0) is 0 Å². The van der Waals surface area contributed by atoms with Crippen LogP contribution in [0.4, 0.5) is 20.2 Å². The minimum Gasteiger partial charge on any atom is -0.371 e. The Bertz CT molecular complexity index is 1110. The second kappa shape index (κ2) is 8.22. The number of aromatic nitrogens is 2. The van der Waals surface area contributed by atoms with Crippen molar-refractivity contribution >= 4 is 17.3 Å². The molecule has 3 fully saturated rings. The smallest absolute Gasteiger partial charge is 0.290 e. The number of hydrogen-bond donors (Lipinski definition) is 1. The summed E-state index contributed by atoms with van der Waals surface area (Å²) >= 11 is 0. The molecule has 1 spiro atoms. The lowest BCUT2D eigenvalue weighted by atomic mass is 9.92. The molecule has 0 radical (unpaired) electrons. The van der Waals surface area contributed by atoms with Crippen molar-refractivity contribution in [1.82, 2.24) is 9.78 Å². The van der Waals surface area contributed by atoms with E-state index in [2.05, 4.69) is 15.3 Å². The summed E-state index contributed by atoms with van der Waals surface area (Å²) in [6.45, 7) is 3.86. The quantitative estimate of drug-likeness (QED) is 0.708. The van der Waals surface area contributed by atoms with Gasteiger partial charge in [0, 0.05) is 37.8 Å². The first kappa shape index (κ1) is 22.0. The van der Waals surface area contributed by atoms with Crippen molar-refractivity contribution in [3.63, 3.8) is 0 Å². The lowest BCUT2D eigenvalue weighted by Gasteiger charge is -2.35. The van der Waals surface area contributed by atoms with Gasteiger partial charge in [-0.2, -0.15) is 5.10 Å². The van der Waals surface area contributed by atoms with Gasteiger partial charge in [0.05, 0.1) is 11.6 Å². The van der Waals surface area contributed by atoms with Crippen LogP contribution >= 0.6 is 0 Å². The van der Waals surface area contributed by atoms with Crippen LogP contribution in [-0.4, -0.2) is 34.7 Å². The maximum Gasteiger partial charge on any atom is 0.290 e. The molecule has 2 aliphatic carbocycles. The van der Waals surface area contributed by atoms with Gasteiger partial charge in [0.25, 0.3) is 11.5 Å². The van der Waals surface area contributed by atoms with Gasteiger partial charge in [-0.3, -0.25) is 9.59 Å². The van der Waals surface area contributed by atoms with Gasteiger partial charge in [0.2, 0.25) is 5.92 Å². The van der Waals surface area contributed by atoms with Crippen LogP contribution < -0.4 is 15.8 Å². The van der Waals surface area contributed by atoms with Crippen molar-refractivity contribution in [1.29, 1.82) is 0 Å². The Morgan fingerprint density at radius 3 is 2.42 bits per heavy atom. The number of piperidine rings is 1. The van der Waals surface area contributed by atoms with E-state index in [4.69, 9.17) is 0 Å². The summed E-state index contributed by atoms with van der Waals surface area (Å²) < 4.78 is 28.3. The maximum absolute atomic E-state index is 13.5. The van der Waals surface area contributed by atoms with E-state index in [0.717, 1.165) is 37.2 Å². The largest absolute Gasteiger partial charge is 0.371 e. The van der Waals surface area contributed by atoms with Crippen molar-refractivity contribution in [2.45, 2.75) is 70.3 Å². The van der Waals surface area contributed by atoms with E-state index >= 15 is 0 Å². The molecule has 2 aromatic rings. The normalized spacial score (nSPS) is 21.7. The zero-order valence-corrected chi connectivity index (χ0v) is 18.9. The standard InChI is InChI=1S/C25H30F2N4O2/c1-17-2-3-19(21(16-17)30-14-11-24(9-10-24)12-15-30)22(32)29-20-6-13-28-31(23(20)33)18-4-7-25(26,27)8-5-18/h2-3,6,13,16,18H,4-5,7-12,14-15H2,1H3,(H,29,32). The molecule has 0 atom stereocenters. The summed E-state index contributed by atoms with van der Waals surface area (Å²) in [4.78, 5) is 28.5. The zero-order valence-electron chi connectivity index (χ0n) is 18.9. The number of carbonyl (C=O) groups is 1. The summed E-state index contributed by atoms with van der Waals surface area (Å²) in [7, 11) is 0. The molecule has 1 amide bonds. The van der Waals surface area contributed by atoms with Gasteiger partial charge in [-0.25, -0.2) is 13.5 Å². The van der Waals surface area contributed by atoms with E-state index in [1.54, 1.807) is 0 Å². The number of nitrogens with one attached hydrogen (secondary N) is 1. The molecule has 1 aliphatic heterocycles. The Balaban J connectivity index is 1.36. The Morgan fingerprint density at radius 1 is 1.06 bits per heavy atom. The molecule has 33 heavy (non-hydrogen) atoms. The fourth-order valence-electron chi connectivity index (χ4n) is 5.24. The molecule has 8 heteroatoms. The van der Waals surface area contributed by atoms with Crippen LogP contribution in [0.3, 0.4) is 0 Å². The number of alkyl halides is 2. The third kappa shape index (κ3) is 4.52. The number of halogens is 2. The Morgan fingerprint density at radius 2 is 1.76 bits per heavy atom. The van der Waals surface area contributed by atoms with Crippen molar-refractivity contribution in [2.75, 3.05) is 23.3 Å². The van der Waals surface area contributed by atoms with Gasteiger partial charge in [0.15, 0.2) is 0 Å². The molecule has 2 saturated carbocycles. The number of carbonyl (C=O) groups excluding carboxylic acids is 1. The second-order valence-electron chi connectivity index (χ2n) is 10.0. The molecule has 2 heterocycles. The molecular formula is C25H30F2N4O2. The Kier molecular flexibility index (Phi) is 5.49. The lowest BCUT2D eigenvalue weighted by Crippen LogP contribution is -2.36. The average molecular weight is 457 g/mol. The molecule has 3 aliphatic rings. The van der Waals surface area contributed by atoms with E-state index < -0.39 is 11.5 Å². The molecule has 176 valence electrons. The van der Waals surface area contributed by atoms with Crippen molar-refractivity contribution in [3.8, 4) is 0 Å². The first-order valence-corrected chi connectivity index (χ1v) is 11.9. The molecule has 5 rings (SSSR count). The number of hydrogen-bond acceptors (Lipinski definition) is 4. The van der Waals surface area contributed by atoms with Crippen LogP contribution in [0.2, 0.25) is 0 Å². The molecule has 1 saturated heterocycles. The summed E-state index contributed by atoms with van der Waals surface area (Å²) in [5.41, 5.74) is 2.71. The highest BCUT2D eigenvalue weighted by Gasteiger charge is 2.44. The first-order chi connectivity index (χ1) is 15.8. The van der Waals surface area contributed by atoms with Gasteiger partial charge < -0.3 is 10.2 Å². The van der Waals surface area contributed by atoms with E-state index in [1.807, 2.05) is 25.1 Å². The minimum absolute atomic E-state index is 0.120. The molecule has 1 aromatic carbocycles. The minimum atomic E-state index is -2.68. The molecule has 6 nitrogen and oxygen atoms in total. The lowest BCUT2D eigenvalue weighted by molar-refractivity contribution is -0.0454.